The third-order valence-electron chi connectivity index (χ3n) is 6.12. The average Bonchev–Trinajstić information content (AvgIpc) is 2.83. The van der Waals surface area contributed by atoms with Crippen molar-refractivity contribution in [3.63, 3.8) is 0 Å². The third-order valence-corrected chi connectivity index (χ3v) is 6.47. The largest absolute Gasteiger partial charge is 0.485 e. The van der Waals surface area contributed by atoms with E-state index in [1.165, 1.54) is 15.2 Å². The van der Waals surface area contributed by atoms with Crippen LogP contribution in [0.1, 0.15) is 35.0 Å². The Morgan fingerprint density at radius 1 is 1.14 bits per heavy atom. The van der Waals surface area contributed by atoms with Crippen LogP contribution in [-0.4, -0.2) is 25.7 Å². The maximum Gasteiger partial charge on any atom is 0.277 e. The van der Waals surface area contributed by atoms with Gasteiger partial charge < -0.3 is 9.47 Å². The molecule has 0 radical (unpaired) electrons. The van der Waals surface area contributed by atoms with Gasteiger partial charge in [0.15, 0.2) is 5.82 Å². The zero-order valence-corrected chi connectivity index (χ0v) is 20.6. The molecule has 4 aromatic rings. The van der Waals surface area contributed by atoms with Gasteiger partial charge in [0.05, 0.1) is 24.6 Å². The van der Waals surface area contributed by atoms with E-state index in [0.717, 1.165) is 12.6 Å². The predicted molar refractivity (Wildman–Crippen MR) is 132 cm³/mol. The van der Waals surface area contributed by atoms with Crippen LogP contribution >= 0.6 is 11.6 Å². The number of aryl methyl sites for hydroxylation is 2. The van der Waals surface area contributed by atoms with E-state index in [9.17, 15) is 18.4 Å². The normalized spacial score (nSPS) is 14.9. The first-order chi connectivity index (χ1) is 17.7. The van der Waals surface area contributed by atoms with Crippen LogP contribution in [0, 0.1) is 25.5 Å². The Morgan fingerprint density at radius 2 is 1.92 bits per heavy atom. The number of pyridine rings is 4. The lowest BCUT2D eigenvalue weighted by molar-refractivity contribution is -0.0536. The van der Waals surface area contributed by atoms with Crippen LogP contribution in [0.25, 0.3) is 11.5 Å². The van der Waals surface area contributed by atoms with Gasteiger partial charge in [-0.05, 0) is 31.5 Å². The summed E-state index contributed by atoms with van der Waals surface area (Å²) in [7, 11) is 0. The Bertz CT molecular complexity index is 1630. The van der Waals surface area contributed by atoms with E-state index in [1.54, 1.807) is 44.4 Å². The molecule has 1 unspecified atom stereocenters. The smallest absolute Gasteiger partial charge is 0.277 e. The van der Waals surface area contributed by atoms with Crippen molar-refractivity contribution in [2.24, 2.45) is 0 Å². The molecule has 190 valence electrons. The highest BCUT2D eigenvalue weighted by molar-refractivity contribution is 6.31. The number of ether oxygens (including phenoxy) is 2. The average molecular weight is 527 g/mol. The molecule has 1 atom stereocenters. The Hall–Kier alpha value is -3.89. The molecular formula is C26H21ClF2N4O4. The number of hydrogen-bond donors (Lipinski definition) is 0. The Labute approximate surface area is 214 Å². The zero-order valence-electron chi connectivity index (χ0n) is 19.9. The number of hydrogen-bond acceptors (Lipinski definition) is 6. The van der Waals surface area contributed by atoms with E-state index < -0.39 is 17.2 Å². The molecule has 0 spiro atoms. The summed E-state index contributed by atoms with van der Waals surface area (Å²) in [6.07, 6.45) is 4.58. The van der Waals surface area contributed by atoms with Crippen LogP contribution < -0.4 is 15.9 Å². The molecule has 37 heavy (non-hydrogen) atoms. The quantitative estimate of drug-likeness (QED) is 0.371. The van der Waals surface area contributed by atoms with Crippen LogP contribution in [0.2, 0.25) is 5.02 Å². The first-order valence-electron chi connectivity index (χ1n) is 11.4. The summed E-state index contributed by atoms with van der Waals surface area (Å²) >= 11 is 6.35. The lowest BCUT2D eigenvalue weighted by Gasteiger charge is -2.26. The molecule has 1 saturated heterocycles. The molecule has 0 bridgehead atoms. The molecule has 0 amide bonds. The van der Waals surface area contributed by atoms with Crippen LogP contribution in [0.4, 0.5) is 8.78 Å². The lowest BCUT2D eigenvalue weighted by atomic mass is 10.1. The van der Waals surface area contributed by atoms with Crippen molar-refractivity contribution >= 4 is 11.6 Å². The fourth-order valence-electron chi connectivity index (χ4n) is 4.07. The van der Waals surface area contributed by atoms with Crippen molar-refractivity contribution < 1.29 is 18.3 Å². The predicted octanol–water partition coefficient (Wildman–Crippen LogP) is 4.37. The highest BCUT2D eigenvalue weighted by Crippen LogP contribution is 2.28. The van der Waals surface area contributed by atoms with E-state index >= 15 is 0 Å². The molecule has 11 heteroatoms. The van der Waals surface area contributed by atoms with Crippen LogP contribution in [-0.2, 0) is 11.3 Å². The van der Waals surface area contributed by atoms with Gasteiger partial charge in [-0.2, -0.15) is 0 Å². The van der Waals surface area contributed by atoms with Gasteiger partial charge in [0.25, 0.3) is 11.1 Å². The maximum absolute atomic E-state index is 13.9. The molecule has 4 aromatic heterocycles. The van der Waals surface area contributed by atoms with Crippen molar-refractivity contribution in [1.29, 1.82) is 0 Å². The van der Waals surface area contributed by atoms with E-state index in [4.69, 9.17) is 21.1 Å². The van der Waals surface area contributed by atoms with Crippen molar-refractivity contribution in [1.82, 2.24) is 19.1 Å². The summed E-state index contributed by atoms with van der Waals surface area (Å²) < 4.78 is 40.8. The van der Waals surface area contributed by atoms with Crippen LogP contribution in [0.5, 0.6) is 5.75 Å². The summed E-state index contributed by atoms with van der Waals surface area (Å²) in [5.74, 6) is -1.32. The van der Waals surface area contributed by atoms with E-state index in [-0.39, 0.29) is 34.7 Å². The first kappa shape index (κ1) is 24.8. The minimum atomic E-state index is -0.871. The molecule has 0 aromatic carbocycles. The molecule has 0 aliphatic carbocycles. The molecule has 1 aliphatic rings. The number of rotatable bonds is 6. The second kappa shape index (κ2) is 9.87. The summed E-state index contributed by atoms with van der Waals surface area (Å²) in [4.78, 5) is 34.4. The van der Waals surface area contributed by atoms with Crippen molar-refractivity contribution in [3.8, 4) is 17.3 Å². The SMILES string of the molecule is Cc1cnc(-n2cccc(C3CCO3)c2=O)cc1-n1c(C)cc(OCc2ncc(F)cc2F)c(Cl)c1=O. The fourth-order valence-corrected chi connectivity index (χ4v) is 4.27. The fraction of sp³-hybridized carbons (Fsp3) is 0.231. The minimum Gasteiger partial charge on any atom is -0.485 e. The van der Waals surface area contributed by atoms with Gasteiger partial charge in [-0.15, -0.1) is 0 Å². The topological polar surface area (TPSA) is 88.2 Å². The third kappa shape index (κ3) is 4.65. The second-order valence-corrected chi connectivity index (χ2v) is 8.97. The molecule has 1 fully saturated rings. The zero-order chi connectivity index (χ0) is 26.3. The van der Waals surface area contributed by atoms with Gasteiger partial charge in [0.2, 0.25) is 0 Å². The standard InChI is InChI=1S/C26H21ClF2N4O4/c1-14-11-31-23(32-6-3-4-17(25(32)34)21-5-7-36-21)10-20(14)33-15(2)8-22(24(27)26(33)35)37-13-19-18(29)9-16(28)12-30-19/h3-4,6,8-12,21H,5,7,13H2,1-2H3. The van der Waals surface area contributed by atoms with E-state index in [1.807, 2.05) is 0 Å². The molecule has 1 aliphatic heterocycles. The van der Waals surface area contributed by atoms with Crippen LogP contribution in [0.3, 0.4) is 0 Å². The molecule has 8 nitrogen and oxygen atoms in total. The number of nitrogens with zero attached hydrogens (tertiary/aromatic N) is 4. The summed E-state index contributed by atoms with van der Waals surface area (Å²) in [6, 6.07) is 7.34. The molecule has 5 rings (SSSR count). The highest BCUT2D eigenvalue weighted by Gasteiger charge is 2.24. The van der Waals surface area contributed by atoms with Crippen LogP contribution in [0.15, 0.2) is 58.5 Å². The van der Waals surface area contributed by atoms with Crippen molar-refractivity contribution in [2.45, 2.75) is 33.0 Å². The monoisotopic (exact) mass is 526 g/mol. The second-order valence-electron chi connectivity index (χ2n) is 8.59. The van der Waals surface area contributed by atoms with Crippen molar-refractivity contribution in [3.05, 3.63) is 109 Å². The van der Waals surface area contributed by atoms with Gasteiger partial charge in [0.1, 0.15) is 34.7 Å². The minimum absolute atomic E-state index is 0.0299. The van der Waals surface area contributed by atoms with Gasteiger partial charge in [-0.25, -0.2) is 13.8 Å². The van der Waals surface area contributed by atoms with E-state index in [2.05, 4.69) is 9.97 Å². The van der Waals surface area contributed by atoms with Gasteiger partial charge in [0, 0.05) is 48.3 Å². The summed E-state index contributed by atoms with van der Waals surface area (Å²) in [6.45, 7) is 3.73. The van der Waals surface area contributed by atoms with Gasteiger partial charge in [-0.3, -0.25) is 23.7 Å². The van der Waals surface area contributed by atoms with Gasteiger partial charge >= 0.3 is 0 Å². The Balaban J connectivity index is 1.51. The Morgan fingerprint density at radius 3 is 2.62 bits per heavy atom. The highest BCUT2D eigenvalue weighted by atomic mass is 35.5. The summed E-state index contributed by atoms with van der Waals surface area (Å²) in [5, 5.41) is -0.229. The molecule has 5 heterocycles. The summed E-state index contributed by atoms with van der Waals surface area (Å²) in [5.41, 5.74) is 1.21. The molecule has 0 saturated carbocycles. The molecule has 0 N–H and O–H groups in total. The number of aromatic nitrogens is 4. The number of halogens is 3. The molecular weight excluding hydrogens is 506 g/mol. The lowest BCUT2D eigenvalue weighted by Crippen LogP contribution is -2.30. The van der Waals surface area contributed by atoms with Crippen molar-refractivity contribution in [2.75, 3.05) is 6.61 Å². The first-order valence-corrected chi connectivity index (χ1v) is 11.8. The van der Waals surface area contributed by atoms with Gasteiger partial charge in [-0.1, -0.05) is 11.6 Å². The Kier molecular flexibility index (Phi) is 6.61. The maximum atomic E-state index is 13.9. The van der Waals surface area contributed by atoms with E-state index in [0.29, 0.717) is 41.0 Å².